The second-order valence-electron chi connectivity index (χ2n) is 3.33. The van der Waals surface area contributed by atoms with Gasteiger partial charge < -0.3 is 9.47 Å². The zero-order chi connectivity index (χ0) is 11.7. The standard InChI is InChI=1S/C9H19ClO4S/c1-3-4-9(2)14-6-5-13-7-8-15(10,11)12/h9H,3-8H2,1-2H3. The Morgan fingerprint density at radius 1 is 1.27 bits per heavy atom. The highest BCUT2D eigenvalue weighted by Gasteiger charge is 2.04. The molecule has 0 aliphatic carbocycles. The summed E-state index contributed by atoms with van der Waals surface area (Å²) in [5, 5.41) is 0. The van der Waals surface area contributed by atoms with Crippen molar-refractivity contribution in [2.75, 3.05) is 25.6 Å². The lowest BCUT2D eigenvalue weighted by Gasteiger charge is -2.11. The molecular formula is C9H19ClO4S. The predicted molar refractivity (Wildman–Crippen MR) is 60.8 cm³/mol. The maximum atomic E-state index is 10.5. The van der Waals surface area contributed by atoms with Crippen molar-refractivity contribution in [1.29, 1.82) is 0 Å². The van der Waals surface area contributed by atoms with E-state index in [2.05, 4.69) is 6.92 Å². The molecule has 0 heterocycles. The summed E-state index contributed by atoms with van der Waals surface area (Å²) in [5.74, 6) is -0.154. The Kier molecular flexibility index (Phi) is 8.42. The van der Waals surface area contributed by atoms with Crippen LogP contribution in [0.2, 0.25) is 0 Å². The van der Waals surface area contributed by atoms with Crippen molar-refractivity contribution in [1.82, 2.24) is 0 Å². The van der Waals surface area contributed by atoms with Crippen LogP contribution in [0.25, 0.3) is 0 Å². The summed E-state index contributed by atoms with van der Waals surface area (Å²) in [5.41, 5.74) is 0. The van der Waals surface area contributed by atoms with Gasteiger partial charge >= 0.3 is 0 Å². The van der Waals surface area contributed by atoms with Crippen molar-refractivity contribution < 1.29 is 17.9 Å². The molecule has 15 heavy (non-hydrogen) atoms. The van der Waals surface area contributed by atoms with E-state index >= 15 is 0 Å². The highest BCUT2D eigenvalue weighted by Crippen LogP contribution is 2.00. The van der Waals surface area contributed by atoms with E-state index in [1.165, 1.54) is 0 Å². The molecule has 0 aromatic carbocycles. The normalized spacial score (nSPS) is 14.1. The van der Waals surface area contributed by atoms with Crippen LogP contribution in [-0.2, 0) is 18.5 Å². The fraction of sp³-hybridized carbons (Fsp3) is 1.00. The predicted octanol–water partition coefficient (Wildman–Crippen LogP) is 1.78. The van der Waals surface area contributed by atoms with Crippen molar-refractivity contribution in [3.8, 4) is 0 Å². The Morgan fingerprint density at radius 2 is 1.93 bits per heavy atom. The van der Waals surface area contributed by atoms with Crippen LogP contribution in [0.3, 0.4) is 0 Å². The number of halogens is 1. The average Bonchev–Trinajstić information content (AvgIpc) is 2.09. The van der Waals surface area contributed by atoms with E-state index in [0.29, 0.717) is 13.2 Å². The number of ether oxygens (including phenoxy) is 2. The zero-order valence-corrected chi connectivity index (χ0v) is 10.8. The third-order valence-electron chi connectivity index (χ3n) is 1.80. The molecule has 92 valence electrons. The molecule has 0 aliphatic heterocycles. The van der Waals surface area contributed by atoms with Crippen molar-refractivity contribution in [3.63, 3.8) is 0 Å². The van der Waals surface area contributed by atoms with Gasteiger partial charge in [-0.3, -0.25) is 0 Å². The van der Waals surface area contributed by atoms with Gasteiger partial charge in [-0.05, 0) is 13.3 Å². The maximum Gasteiger partial charge on any atom is 0.234 e. The topological polar surface area (TPSA) is 52.6 Å². The second-order valence-corrected chi connectivity index (χ2v) is 6.22. The monoisotopic (exact) mass is 258 g/mol. The molecule has 0 radical (unpaired) electrons. The first-order valence-electron chi connectivity index (χ1n) is 5.07. The molecule has 0 aliphatic rings. The molecule has 1 unspecified atom stereocenters. The van der Waals surface area contributed by atoms with Crippen molar-refractivity contribution in [2.45, 2.75) is 32.8 Å². The molecule has 6 heteroatoms. The van der Waals surface area contributed by atoms with Gasteiger partial charge in [-0.15, -0.1) is 0 Å². The van der Waals surface area contributed by atoms with Crippen LogP contribution in [0.5, 0.6) is 0 Å². The van der Waals surface area contributed by atoms with Crippen molar-refractivity contribution in [2.24, 2.45) is 0 Å². The average molecular weight is 259 g/mol. The minimum Gasteiger partial charge on any atom is -0.378 e. The third-order valence-corrected chi connectivity index (χ3v) is 2.91. The first-order chi connectivity index (χ1) is 6.95. The summed E-state index contributed by atoms with van der Waals surface area (Å²) < 4.78 is 31.5. The van der Waals surface area contributed by atoms with Gasteiger partial charge in [0, 0.05) is 10.7 Å². The van der Waals surface area contributed by atoms with E-state index in [1.54, 1.807) is 0 Å². The fourth-order valence-electron chi connectivity index (χ4n) is 1.06. The van der Waals surface area contributed by atoms with Gasteiger partial charge in [0.2, 0.25) is 9.05 Å². The van der Waals surface area contributed by atoms with Gasteiger partial charge in [0.1, 0.15) is 0 Å². The second kappa shape index (κ2) is 8.33. The summed E-state index contributed by atoms with van der Waals surface area (Å²) in [6.45, 7) is 5.12. The van der Waals surface area contributed by atoms with Gasteiger partial charge in [-0.1, -0.05) is 13.3 Å². The molecule has 0 bridgehead atoms. The lowest BCUT2D eigenvalue weighted by molar-refractivity contribution is 0.0124. The van der Waals surface area contributed by atoms with Gasteiger partial charge in [0.25, 0.3) is 0 Å². The molecule has 0 aromatic heterocycles. The quantitative estimate of drug-likeness (QED) is 0.467. The molecule has 1 atom stereocenters. The van der Waals surface area contributed by atoms with E-state index in [0.717, 1.165) is 12.8 Å². The zero-order valence-electron chi connectivity index (χ0n) is 9.24. The molecule has 0 N–H and O–H groups in total. The van der Waals surface area contributed by atoms with Crippen LogP contribution in [0.4, 0.5) is 0 Å². The summed E-state index contributed by atoms with van der Waals surface area (Å²) >= 11 is 0. The van der Waals surface area contributed by atoms with Crippen LogP contribution in [0.1, 0.15) is 26.7 Å². The van der Waals surface area contributed by atoms with Gasteiger partial charge in [0.05, 0.1) is 31.7 Å². The lowest BCUT2D eigenvalue weighted by atomic mass is 10.2. The number of hydrogen-bond acceptors (Lipinski definition) is 4. The minimum absolute atomic E-state index is 0.122. The van der Waals surface area contributed by atoms with Gasteiger partial charge in [-0.25, -0.2) is 8.42 Å². The number of rotatable bonds is 9. The highest BCUT2D eigenvalue weighted by atomic mass is 35.7. The Bertz CT molecular complexity index is 240. The van der Waals surface area contributed by atoms with Crippen LogP contribution in [0, 0.1) is 0 Å². The Hall–Kier alpha value is 0.160. The first kappa shape index (κ1) is 15.2. The highest BCUT2D eigenvalue weighted by molar-refractivity contribution is 8.13. The van der Waals surface area contributed by atoms with Crippen LogP contribution in [-0.4, -0.2) is 40.1 Å². The summed E-state index contributed by atoms with van der Waals surface area (Å²) in [7, 11) is 1.57. The van der Waals surface area contributed by atoms with Gasteiger partial charge in [-0.2, -0.15) is 0 Å². The largest absolute Gasteiger partial charge is 0.378 e. The SMILES string of the molecule is CCCC(C)OCCOCCS(=O)(=O)Cl. The van der Waals surface area contributed by atoms with Crippen LogP contribution < -0.4 is 0 Å². The smallest absolute Gasteiger partial charge is 0.234 e. The Morgan fingerprint density at radius 3 is 2.47 bits per heavy atom. The Labute approximate surface area is 96.3 Å². The minimum atomic E-state index is -3.43. The lowest BCUT2D eigenvalue weighted by Crippen LogP contribution is -2.14. The molecular weight excluding hydrogens is 240 g/mol. The first-order valence-corrected chi connectivity index (χ1v) is 7.55. The molecule has 0 aromatic rings. The van der Waals surface area contributed by atoms with Crippen molar-refractivity contribution in [3.05, 3.63) is 0 Å². The fourth-order valence-corrected chi connectivity index (χ4v) is 1.56. The molecule has 0 saturated carbocycles. The van der Waals surface area contributed by atoms with E-state index < -0.39 is 9.05 Å². The van der Waals surface area contributed by atoms with E-state index in [4.69, 9.17) is 20.2 Å². The number of hydrogen-bond donors (Lipinski definition) is 0. The summed E-state index contributed by atoms with van der Waals surface area (Å²) in [4.78, 5) is 0. The van der Waals surface area contributed by atoms with Gasteiger partial charge in [0.15, 0.2) is 0 Å². The van der Waals surface area contributed by atoms with E-state index in [-0.39, 0.29) is 18.5 Å². The molecule has 0 saturated heterocycles. The Balaban J connectivity index is 3.25. The summed E-state index contributed by atoms with van der Waals surface area (Å²) in [6, 6.07) is 0. The van der Waals surface area contributed by atoms with Crippen LogP contribution >= 0.6 is 10.7 Å². The van der Waals surface area contributed by atoms with E-state index in [1.807, 2.05) is 6.92 Å². The van der Waals surface area contributed by atoms with E-state index in [9.17, 15) is 8.42 Å². The maximum absolute atomic E-state index is 10.5. The molecule has 0 amide bonds. The molecule has 0 fully saturated rings. The molecule has 4 nitrogen and oxygen atoms in total. The van der Waals surface area contributed by atoms with Crippen LogP contribution in [0.15, 0.2) is 0 Å². The molecule has 0 spiro atoms. The summed E-state index contributed by atoms with van der Waals surface area (Å²) in [6.07, 6.45) is 2.35. The van der Waals surface area contributed by atoms with Crippen molar-refractivity contribution >= 4 is 19.7 Å². The molecule has 0 rings (SSSR count). The third kappa shape index (κ3) is 12.1.